The van der Waals surface area contributed by atoms with Gasteiger partial charge < -0.3 is 14.2 Å². The molecular weight excluding hydrogens is 416 g/mol. The minimum absolute atomic E-state index is 0.0679. The minimum Gasteiger partial charge on any atom is -0.455 e. The van der Waals surface area contributed by atoms with Gasteiger partial charge in [-0.25, -0.2) is 4.79 Å². The Bertz CT molecular complexity index is 801. The van der Waals surface area contributed by atoms with Crippen LogP contribution in [-0.2, 0) is 23.8 Å². The fourth-order valence-corrected chi connectivity index (χ4v) is 9.85. The molecule has 0 aromatic heterocycles. The molecule has 0 spiro atoms. The summed E-state index contributed by atoms with van der Waals surface area (Å²) in [5.41, 5.74) is -0.418. The first kappa shape index (κ1) is 22.1. The first-order chi connectivity index (χ1) is 15.8. The molecular formula is C28H40O5. The smallest absolute Gasteiger partial charge is 0.333 e. The van der Waals surface area contributed by atoms with Gasteiger partial charge in [-0.15, -0.1) is 0 Å². The Morgan fingerprint density at radius 3 is 2.03 bits per heavy atom. The van der Waals surface area contributed by atoms with Crippen molar-refractivity contribution in [1.82, 2.24) is 0 Å². The molecule has 5 nitrogen and oxygen atoms in total. The summed E-state index contributed by atoms with van der Waals surface area (Å²) in [6.07, 6.45) is 12.3. The van der Waals surface area contributed by atoms with Crippen LogP contribution < -0.4 is 0 Å². The highest BCUT2D eigenvalue weighted by molar-refractivity contribution is 5.87. The van der Waals surface area contributed by atoms with E-state index in [1.165, 1.54) is 32.1 Å². The number of carbonyl (C=O) groups is 2. The molecule has 5 heteroatoms. The monoisotopic (exact) mass is 456 g/mol. The van der Waals surface area contributed by atoms with Gasteiger partial charge in [0.15, 0.2) is 6.79 Å². The summed E-state index contributed by atoms with van der Waals surface area (Å²) in [7, 11) is 0. The highest BCUT2D eigenvalue weighted by atomic mass is 16.7. The van der Waals surface area contributed by atoms with Crippen molar-refractivity contribution in [3.05, 3.63) is 12.2 Å². The maximum Gasteiger partial charge on any atom is 0.333 e. The van der Waals surface area contributed by atoms with Crippen molar-refractivity contribution in [3.8, 4) is 0 Å². The zero-order valence-corrected chi connectivity index (χ0v) is 20.4. The van der Waals surface area contributed by atoms with Gasteiger partial charge in [0.2, 0.25) is 0 Å². The Kier molecular flexibility index (Phi) is 5.25. The topological polar surface area (TPSA) is 61.8 Å². The maximum absolute atomic E-state index is 13.4. The molecule has 0 N–H and O–H groups in total. The van der Waals surface area contributed by atoms with Gasteiger partial charge in [-0.1, -0.05) is 13.5 Å². The number of esters is 2. The van der Waals surface area contributed by atoms with Crippen LogP contribution in [0.4, 0.5) is 0 Å². The summed E-state index contributed by atoms with van der Waals surface area (Å²) in [5, 5.41) is 0. The van der Waals surface area contributed by atoms with E-state index in [0.29, 0.717) is 23.3 Å². The molecule has 0 radical (unpaired) electrons. The van der Waals surface area contributed by atoms with Gasteiger partial charge in [-0.2, -0.15) is 0 Å². The van der Waals surface area contributed by atoms with Gasteiger partial charge in [0.1, 0.15) is 5.60 Å². The molecule has 8 bridgehead atoms. The second kappa shape index (κ2) is 7.83. The van der Waals surface area contributed by atoms with E-state index in [1.54, 1.807) is 6.92 Å². The molecule has 33 heavy (non-hydrogen) atoms. The molecule has 8 saturated carbocycles. The third-order valence-corrected chi connectivity index (χ3v) is 10.8. The molecule has 2 atom stereocenters. The van der Waals surface area contributed by atoms with Gasteiger partial charge in [0.25, 0.3) is 0 Å². The van der Waals surface area contributed by atoms with Crippen LogP contribution in [0.25, 0.3) is 0 Å². The van der Waals surface area contributed by atoms with Crippen LogP contribution in [0.3, 0.4) is 0 Å². The summed E-state index contributed by atoms with van der Waals surface area (Å²) in [5.74, 6) is 3.82. The average molecular weight is 457 g/mol. The van der Waals surface area contributed by atoms with Crippen molar-refractivity contribution < 1.29 is 23.8 Å². The Hall–Kier alpha value is -1.36. The van der Waals surface area contributed by atoms with E-state index in [-0.39, 0.29) is 36.7 Å². The van der Waals surface area contributed by atoms with Gasteiger partial charge in [0, 0.05) is 17.4 Å². The number of carbonyl (C=O) groups excluding carboxylic acids is 2. The summed E-state index contributed by atoms with van der Waals surface area (Å²) >= 11 is 0. The van der Waals surface area contributed by atoms with E-state index in [9.17, 15) is 9.59 Å². The highest BCUT2D eigenvalue weighted by Crippen LogP contribution is 2.66. The van der Waals surface area contributed by atoms with Crippen LogP contribution in [0.5, 0.6) is 0 Å². The summed E-state index contributed by atoms with van der Waals surface area (Å²) in [6, 6.07) is 0. The molecule has 8 aliphatic rings. The molecule has 0 heterocycles. The molecule has 8 fully saturated rings. The molecule has 0 aromatic carbocycles. The van der Waals surface area contributed by atoms with E-state index in [2.05, 4.69) is 13.5 Å². The van der Waals surface area contributed by atoms with E-state index in [4.69, 9.17) is 14.2 Å². The molecule has 0 aromatic rings. The highest BCUT2D eigenvalue weighted by Gasteiger charge is 2.66. The number of hydrogen-bond donors (Lipinski definition) is 0. The largest absolute Gasteiger partial charge is 0.455 e. The fraction of sp³-hybridized carbons (Fsp3) is 0.857. The van der Waals surface area contributed by atoms with Gasteiger partial charge in [-0.05, 0) is 107 Å². The third-order valence-electron chi connectivity index (χ3n) is 10.8. The maximum atomic E-state index is 13.4. The molecule has 0 saturated heterocycles. The predicted octanol–water partition coefficient (Wildman–Crippen LogP) is 5.42. The number of rotatable bonds is 7. The normalized spacial score (nSPS) is 48.7. The van der Waals surface area contributed by atoms with Crippen LogP contribution >= 0.6 is 0 Å². The fourth-order valence-electron chi connectivity index (χ4n) is 9.85. The lowest BCUT2D eigenvalue weighted by molar-refractivity contribution is -0.235. The summed E-state index contributed by atoms with van der Waals surface area (Å²) < 4.78 is 18.3. The molecule has 2 unspecified atom stereocenters. The molecule has 0 aliphatic heterocycles. The van der Waals surface area contributed by atoms with Crippen molar-refractivity contribution in [2.45, 2.75) is 96.2 Å². The lowest BCUT2D eigenvalue weighted by atomic mass is 9.44. The lowest BCUT2D eigenvalue weighted by Crippen LogP contribution is -2.64. The Morgan fingerprint density at radius 1 is 0.879 bits per heavy atom. The van der Waals surface area contributed by atoms with Gasteiger partial charge >= 0.3 is 11.9 Å². The minimum atomic E-state index is -0.451. The molecule has 182 valence electrons. The van der Waals surface area contributed by atoms with Crippen LogP contribution in [0, 0.1) is 46.8 Å². The first-order valence-corrected chi connectivity index (χ1v) is 13.5. The third kappa shape index (κ3) is 3.43. The summed E-state index contributed by atoms with van der Waals surface area (Å²) in [4.78, 5) is 25.9. The van der Waals surface area contributed by atoms with Crippen molar-refractivity contribution in [2.75, 3.05) is 6.79 Å². The lowest BCUT2D eigenvalue weighted by Gasteiger charge is -2.63. The number of ether oxygens (including phenoxy) is 3. The van der Waals surface area contributed by atoms with E-state index < -0.39 is 11.0 Å². The SMILES string of the molecule is C=C(C)C(=O)OC1(CC)C2CC3CC1CC(C(=O)OCOC1C4CC5CC(C4)CC1C5)(C3)C2. The van der Waals surface area contributed by atoms with Crippen LogP contribution in [0.2, 0.25) is 0 Å². The van der Waals surface area contributed by atoms with Crippen molar-refractivity contribution in [1.29, 1.82) is 0 Å². The van der Waals surface area contributed by atoms with Gasteiger partial charge in [0.05, 0.1) is 11.5 Å². The van der Waals surface area contributed by atoms with Crippen LogP contribution in [-0.4, -0.2) is 30.4 Å². The Morgan fingerprint density at radius 2 is 1.48 bits per heavy atom. The second-order valence-electron chi connectivity index (χ2n) is 12.7. The quantitative estimate of drug-likeness (QED) is 0.291. The number of hydrogen-bond acceptors (Lipinski definition) is 5. The van der Waals surface area contributed by atoms with Crippen molar-refractivity contribution in [2.24, 2.45) is 46.8 Å². The summed E-state index contributed by atoms with van der Waals surface area (Å²) in [6.45, 7) is 7.73. The second-order valence-corrected chi connectivity index (χ2v) is 12.7. The predicted molar refractivity (Wildman–Crippen MR) is 123 cm³/mol. The van der Waals surface area contributed by atoms with E-state index in [1.807, 2.05) is 0 Å². The zero-order chi connectivity index (χ0) is 23.0. The van der Waals surface area contributed by atoms with Crippen molar-refractivity contribution >= 4 is 11.9 Å². The van der Waals surface area contributed by atoms with E-state index in [0.717, 1.165) is 50.4 Å². The standard InChI is InChI=1S/C28H40O5/c1-4-28(33-25(29)16(2)3)22-10-19-11-23(28)14-27(12-19,13-22)26(30)32-15-31-24-20-6-17-5-18(8-20)9-21(24)7-17/h17-24H,2,4-15H2,1,3H3. The average Bonchev–Trinajstić information content (AvgIpc) is 2.77. The van der Waals surface area contributed by atoms with Crippen LogP contribution in [0.15, 0.2) is 12.2 Å². The first-order valence-electron chi connectivity index (χ1n) is 13.5. The van der Waals surface area contributed by atoms with Gasteiger partial charge in [-0.3, -0.25) is 4.79 Å². The molecule has 0 amide bonds. The Labute approximate surface area is 198 Å². The zero-order valence-electron chi connectivity index (χ0n) is 20.4. The van der Waals surface area contributed by atoms with E-state index >= 15 is 0 Å². The van der Waals surface area contributed by atoms with Crippen LogP contribution in [0.1, 0.15) is 84.5 Å². The van der Waals surface area contributed by atoms with Crippen molar-refractivity contribution in [3.63, 3.8) is 0 Å². The molecule has 8 rings (SSSR count). The Balaban J connectivity index is 1.11. The molecule has 8 aliphatic carbocycles.